The highest BCUT2D eigenvalue weighted by atomic mass is 35.5. The van der Waals surface area contributed by atoms with Crippen molar-refractivity contribution in [1.29, 1.82) is 0 Å². The zero-order valence-electron chi connectivity index (χ0n) is 11.3. The summed E-state index contributed by atoms with van der Waals surface area (Å²) in [6, 6.07) is 9.04. The molecule has 0 bridgehead atoms. The molecule has 0 aliphatic carbocycles. The van der Waals surface area contributed by atoms with E-state index in [4.69, 9.17) is 11.6 Å². The van der Waals surface area contributed by atoms with E-state index in [1.807, 2.05) is 22.9 Å². The summed E-state index contributed by atoms with van der Waals surface area (Å²) < 4.78 is 0. The summed E-state index contributed by atoms with van der Waals surface area (Å²) in [5, 5.41) is 17.3. The van der Waals surface area contributed by atoms with E-state index >= 15 is 0 Å². The maximum Gasteiger partial charge on any atom is 0.244 e. The molecule has 110 valence electrons. The summed E-state index contributed by atoms with van der Waals surface area (Å²) in [4.78, 5) is 11.6. The van der Waals surface area contributed by atoms with Crippen LogP contribution in [0.25, 0.3) is 6.08 Å². The SMILES string of the molecule is O=C(/C=C/c1ccsc1)NCC[C@@H](O)c1cccc(Cl)c1. The first-order valence-corrected chi connectivity index (χ1v) is 7.89. The molecule has 0 saturated heterocycles. The van der Waals surface area contributed by atoms with Crippen LogP contribution in [0.3, 0.4) is 0 Å². The van der Waals surface area contributed by atoms with Crippen LogP contribution in [0.15, 0.2) is 47.2 Å². The molecule has 2 rings (SSSR count). The molecule has 0 aliphatic rings. The average Bonchev–Trinajstić information content (AvgIpc) is 2.98. The van der Waals surface area contributed by atoms with E-state index in [9.17, 15) is 9.90 Å². The van der Waals surface area contributed by atoms with Gasteiger partial charge in [-0.05, 0) is 52.6 Å². The van der Waals surface area contributed by atoms with Crippen LogP contribution in [0.2, 0.25) is 5.02 Å². The zero-order valence-corrected chi connectivity index (χ0v) is 12.9. The summed E-state index contributed by atoms with van der Waals surface area (Å²) >= 11 is 7.46. The van der Waals surface area contributed by atoms with Gasteiger partial charge in [0.1, 0.15) is 0 Å². The number of carbonyl (C=O) groups is 1. The first-order chi connectivity index (χ1) is 10.1. The van der Waals surface area contributed by atoms with Crippen LogP contribution in [-0.4, -0.2) is 17.6 Å². The van der Waals surface area contributed by atoms with Gasteiger partial charge < -0.3 is 10.4 Å². The molecule has 0 radical (unpaired) electrons. The Hall–Kier alpha value is -1.62. The van der Waals surface area contributed by atoms with Crippen molar-refractivity contribution < 1.29 is 9.90 Å². The number of carbonyl (C=O) groups excluding carboxylic acids is 1. The molecule has 5 heteroatoms. The van der Waals surface area contributed by atoms with E-state index in [-0.39, 0.29) is 5.91 Å². The number of nitrogens with one attached hydrogen (secondary N) is 1. The van der Waals surface area contributed by atoms with E-state index in [1.54, 1.807) is 35.6 Å². The Balaban J connectivity index is 1.75. The Morgan fingerprint density at radius 3 is 3.00 bits per heavy atom. The predicted octanol–water partition coefficient (Wildman–Crippen LogP) is 3.65. The van der Waals surface area contributed by atoms with E-state index < -0.39 is 6.10 Å². The van der Waals surface area contributed by atoms with E-state index in [1.165, 1.54) is 6.08 Å². The summed E-state index contributed by atoms with van der Waals surface area (Å²) in [7, 11) is 0. The van der Waals surface area contributed by atoms with Crippen molar-refractivity contribution in [2.45, 2.75) is 12.5 Å². The smallest absolute Gasteiger partial charge is 0.244 e. The van der Waals surface area contributed by atoms with Crippen LogP contribution in [0.4, 0.5) is 0 Å². The number of aliphatic hydroxyl groups excluding tert-OH is 1. The molecule has 0 fully saturated rings. The van der Waals surface area contributed by atoms with Crippen molar-refractivity contribution in [2.75, 3.05) is 6.54 Å². The van der Waals surface area contributed by atoms with Gasteiger partial charge in [0.05, 0.1) is 6.10 Å². The fourth-order valence-corrected chi connectivity index (χ4v) is 2.64. The minimum absolute atomic E-state index is 0.167. The number of halogens is 1. The number of aliphatic hydroxyl groups is 1. The highest BCUT2D eigenvalue weighted by Gasteiger charge is 2.08. The standard InChI is InChI=1S/C16H16ClNO2S/c17-14-3-1-2-13(10-14)15(19)6-8-18-16(20)5-4-12-7-9-21-11-12/h1-5,7,9-11,15,19H,6,8H2,(H,18,20)/b5-4+/t15-/m1/s1. The number of thiophene rings is 1. The Morgan fingerprint density at radius 1 is 1.43 bits per heavy atom. The topological polar surface area (TPSA) is 49.3 Å². The van der Waals surface area contributed by atoms with Gasteiger partial charge in [0.15, 0.2) is 0 Å². The van der Waals surface area contributed by atoms with Gasteiger partial charge in [-0.25, -0.2) is 0 Å². The van der Waals surface area contributed by atoms with Crippen molar-refractivity contribution >= 4 is 34.9 Å². The van der Waals surface area contributed by atoms with Gasteiger partial charge in [-0.2, -0.15) is 11.3 Å². The van der Waals surface area contributed by atoms with Gasteiger partial charge in [0.2, 0.25) is 5.91 Å². The maximum atomic E-state index is 11.6. The van der Waals surface area contributed by atoms with Gasteiger partial charge in [0, 0.05) is 17.6 Å². The Morgan fingerprint density at radius 2 is 2.29 bits per heavy atom. The first kappa shape index (κ1) is 15.8. The van der Waals surface area contributed by atoms with Crippen LogP contribution >= 0.6 is 22.9 Å². The largest absolute Gasteiger partial charge is 0.388 e. The molecule has 1 aromatic heterocycles. The monoisotopic (exact) mass is 321 g/mol. The summed E-state index contributed by atoms with van der Waals surface area (Å²) in [5.41, 5.74) is 1.76. The van der Waals surface area contributed by atoms with Crippen molar-refractivity contribution in [2.24, 2.45) is 0 Å². The maximum absolute atomic E-state index is 11.6. The van der Waals surface area contributed by atoms with Crippen molar-refractivity contribution in [1.82, 2.24) is 5.32 Å². The van der Waals surface area contributed by atoms with Crippen molar-refractivity contribution in [3.05, 3.63) is 63.3 Å². The van der Waals surface area contributed by atoms with Crippen LogP contribution in [-0.2, 0) is 4.79 Å². The highest BCUT2D eigenvalue weighted by molar-refractivity contribution is 7.08. The first-order valence-electron chi connectivity index (χ1n) is 6.57. The third-order valence-electron chi connectivity index (χ3n) is 2.92. The number of rotatable bonds is 6. The molecule has 0 unspecified atom stereocenters. The second-order valence-corrected chi connectivity index (χ2v) is 5.76. The fourth-order valence-electron chi connectivity index (χ4n) is 1.81. The third-order valence-corrected chi connectivity index (χ3v) is 3.86. The molecule has 3 nitrogen and oxygen atoms in total. The third kappa shape index (κ3) is 5.34. The highest BCUT2D eigenvalue weighted by Crippen LogP contribution is 2.19. The van der Waals surface area contributed by atoms with Crippen molar-refractivity contribution in [3.63, 3.8) is 0 Å². The molecule has 1 amide bonds. The number of amides is 1. The minimum atomic E-state index is -0.634. The van der Waals surface area contributed by atoms with E-state index in [0.29, 0.717) is 18.0 Å². The van der Waals surface area contributed by atoms with Crippen molar-refractivity contribution in [3.8, 4) is 0 Å². The second-order valence-electron chi connectivity index (χ2n) is 4.54. The summed E-state index contributed by atoms with van der Waals surface area (Å²) in [6.45, 7) is 0.403. The lowest BCUT2D eigenvalue weighted by Gasteiger charge is -2.11. The lowest BCUT2D eigenvalue weighted by Crippen LogP contribution is -2.23. The normalized spacial score (nSPS) is 12.5. The number of hydrogen-bond acceptors (Lipinski definition) is 3. The molecule has 1 heterocycles. The average molecular weight is 322 g/mol. The second kappa shape index (κ2) is 7.98. The van der Waals surface area contributed by atoms with Gasteiger partial charge in [-0.15, -0.1) is 0 Å². The van der Waals surface area contributed by atoms with Gasteiger partial charge in [-0.1, -0.05) is 23.7 Å². The molecule has 1 aromatic carbocycles. The molecular weight excluding hydrogens is 306 g/mol. The molecule has 1 atom stereocenters. The molecule has 0 aliphatic heterocycles. The molecule has 0 spiro atoms. The van der Waals surface area contributed by atoms with E-state index in [2.05, 4.69) is 5.32 Å². The lowest BCUT2D eigenvalue weighted by molar-refractivity contribution is -0.116. The fraction of sp³-hybridized carbons (Fsp3) is 0.188. The van der Waals surface area contributed by atoms with Gasteiger partial charge in [0.25, 0.3) is 0 Å². The van der Waals surface area contributed by atoms with Crippen LogP contribution in [0.5, 0.6) is 0 Å². The summed E-state index contributed by atoms with van der Waals surface area (Å²) in [6.07, 6.45) is 3.07. The van der Waals surface area contributed by atoms with Crippen LogP contribution in [0.1, 0.15) is 23.7 Å². The Kier molecular flexibility index (Phi) is 5.99. The molecular formula is C16H16ClNO2S. The number of benzene rings is 1. The Labute approximate surface area is 132 Å². The molecule has 2 N–H and O–H groups in total. The summed E-state index contributed by atoms with van der Waals surface area (Å²) in [5.74, 6) is -0.167. The lowest BCUT2D eigenvalue weighted by atomic mass is 10.1. The molecule has 2 aromatic rings. The molecule has 21 heavy (non-hydrogen) atoms. The number of hydrogen-bond donors (Lipinski definition) is 2. The quantitative estimate of drug-likeness (QED) is 0.798. The Bertz CT molecular complexity index is 610. The predicted molar refractivity (Wildman–Crippen MR) is 87.4 cm³/mol. The van der Waals surface area contributed by atoms with Crippen LogP contribution < -0.4 is 5.32 Å². The van der Waals surface area contributed by atoms with Gasteiger partial charge >= 0.3 is 0 Å². The zero-order chi connectivity index (χ0) is 15.1. The van der Waals surface area contributed by atoms with Crippen LogP contribution in [0, 0.1) is 0 Å². The van der Waals surface area contributed by atoms with E-state index in [0.717, 1.165) is 11.1 Å². The molecule has 0 saturated carbocycles. The minimum Gasteiger partial charge on any atom is -0.388 e. The van der Waals surface area contributed by atoms with Gasteiger partial charge in [-0.3, -0.25) is 4.79 Å².